The zero-order valence-electron chi connectivity index (χ0n) is 11.4. The Morgan fingerprint density at radius 2 is 2.00 bits per heavy atom. The van der Waals surface area contributed by atoms with E-state index in [1.807, 2.05) is 6.92 Å². The fourth-order valence-corrected chi connectivity index (χ4v) is 2.73. The van der Waals surface area contributed by atoms with Gasteiger partial charge in [-0.15, -0.1) is 0 Å². The highest BCUT2D eigenvalue weighted by molar-refractivity contribution is 5.30. The van der Waals surface area contributed by atoms with Gasteiger partial charge in [-0.1, -0.05) is 19.1 Å². The molecule has 1 heterocycles. The molecule has 1 aromatic rings. The maximum Gasteiger partial charge on any atom is 0.119 e. The van der Waals surface area contributed by atoms with Crippen molar-refractivity contribution in [3.05, 3.63) is 29.8 Å². The fourth-order valence-electron chi connectivity index (χ4n) is 2.73. The summed E-state index contributed by atoms with van der Waals surface area (Å²) in [7, 11) is 0. The van der Waals surface area contributed by atoms with Crippen LogP contribution in [-0.4, -0.2) is 25.2 Å². The molecular weight excluding hydrogens is 224 g/mol. The van der Waals surface area contributed by atoms with Gasteiger partial charge in [-0.25, -0.2) is 0 Å². The molecular formula is C15H24N2O. The first-order valence-corrected chi connectivity index (χ1v) is 6.96. The number of ether oxygens (including phenoxy) is 1. The van der Waals surface area contributed by atoms with Crippen molar-refractivity contribution in [2.24, 2.45) is 5.73 Å². The van der Waals surface area contributed by atoms with Crippen molar-refractivity contribution < 1.29 is 4.74 Å². The van der Waals surface area contributed by atoms with Crippen LogP contribution < -0.4 is 15.8 Å². The molecule has 0 aliphatic carbocycles. The molecule has 0 spiro atoms. The van der Waals surface area contributed by atoms with Gasteiger partial charge in [-0.05, 0) is 43.4 Å². The predicted octanol–water partition coefficient (Wildman–Crippen LogP) is 2.27. The summed E-state index contributed by atoms with van der Waals surface area (Å²) in [6.07, 6.45) is 2.18. The van der Waals surface area contributed by atoms with Crippen LogP contribution in [0.15, 0.2) is 24.3 Å². The molecule has 3 unspecified atom stereocenters. The van der Waals surface area contributed by atoms with Gasteiger partial charge in [0.15, 0.2) is 0 Å². The molecule has 1 aliphatic rings. The number of rotatable bonds is 4. The van der Waals surface area contributed by atoms with Crippen molar-refractivity contribution in [1.29, 1.82) is 0 Å². The summed E-state index contributed by atoms with van der Waals surface area (Å²) >= 11 is 0. The Hall–Kier alpha value is -1.06. The van der Waals surface area contributed by atoms with E-state index in [2.05, 4.69) is 36.5 Å². The molecule has 1 saturated heterocycles. The number of hydrogen-bond donors (Lipinski definition) is 2. The Morgan fingerprint density at radius 1 is 1.28 bits per heavy atom. The lowest BCUT2D eigenvalue weighted by Gasteiger charge is -2.35. The molecule has 0 saturated carbocycles. The smallest absolute Gasteiger partial charge is 0.119 e. The molecule has 1 fully saturated rings. The molecule has 18 heavy (non-hydrogen) atoms. The standard InChI is InChI=1S/C15H24N2O/c1-3-15-14(16)9-12(10-17-15)11-5-7-13(8-6-11)18-4-2/h5-8,12,14-15,17H,3-4,9-10,16H2,1-2H3. The van der Waals surface area contributed by atoms with Gasteiger partial charge in [0.2, 0.25) is 0 Å². The molecule has 3 nitrogen and oxygen atoms in total. The largest absolute Gasteiger partial charge is 0.494 e. The Balaban J connectivity index is 1.99. The molecule has 3 atom stereocenters. The van der Waals surface area contributed by atoms with E-state index in [9.17, 15) is 0 Å². The van der Waals surface area contributed by atoms with Crippen LogP contribution in [0.3, 0.4) is 0 Å². The van der Waals surface area contributed by atoms with Crippen molar-refractivity contribution in [3.63, 3.8) is 0 Å². The van der Waals surface area contributed by atoms with E-state index < -0.39 is 0 Å². The van der Waals surface area contributed by atoms with E-state index in [0.717, 1.165) is 25.1 Å². The van der Waals surface area contributed by atoms with Crippen molar-refractivity contribution in [2.45, 2.75) is 44.7 Å². The van der Waals surface area contributed by atoms with Crippen LogP contribution in [0.5, 0.6) is 5.75 Å². The van der Waals surface area contributed by atoms with Crippen LogP contribution in [-0.2, 0) is 0 Å². The van der Waals surface area contributed by atoms with Crippen molar-refractivity contribution in [1.82, 2.24) is 5.32 Å². The number of benzene rings is 1. The molecule has 0 bridgehead atoms. The second-order valence-electron chi connectivity index (χ2n) is 5.02. The third kappa shape index (κ3) is 3.03. The first-order valence-electron chi connectivity index (χ1n) is 6.96. The average molecular weight is 248 g/mol. The molecule has 1 aromatic carbocycles. The molecule has 3 N–H and O–H groups in total. The molecule has 2 rings (SSSR count). The van der Waals surface area contributed by atoms with Gasteiger partial charge >= 0.3 is 0 Å². The zero-order chi connectivity index (χ0) is 13.0. The second kappa shape index (κ2) is 6.21. The maximum atomic E-state index is 6.21. The van der Waals surface area contributed by atoms with Crippen LogP contribution in [0.4, 0.5) is 0 Å². The Kier molecular flexibility index (Phi) is 4.61. The monoisotopic (exact) mass is 248 g/mol. The Morgan fingerprint density at radius 3 is 2.56 bits per heavy atom. The summed E-state index contributed by atoms with van der Waals surface area (Å²) in [6, 6.07) is 9.17. The zero-order valence-corrected chi connectivity index (χ0v) is 11.4. The van der Waals surface area contributed by atoms with Gasteiger partial charge in [-0.2, -0.15) is 0 Å². The highest BCUT2D eigenvalue weighted by atomic mass is 16.5. The SMILES string of the molecule is CCOc1ccc(C2CNC(CC)C(N)C2)cc1. The van der Waals surface area contributed by atoms with Gasteiger partial charge < -0.3 is 15.8 Å². The topological polar surface area (TPSA) is 47.3 Å². The summed E-state index contributed by atoms with van der Waals surface area (Å²) in [4.78, 5) is 0. The third-order valence-electron chi connectivity index (χ3n) is 3.80. The van der Waals surface area contributed by atoms with Crippen molar-refractivity contribution >= 4 is 0 Å². The summed E-state index contributed by atoms with van der Waals surface area (Å²) in [6.45, 7) is 5.94. The lowest BCUT2D eigenvalue weighted by atomic mass is 9.85. The van der Waals surface area contributed by atoms with Crippen LogP contribution in [0.25, 0.3) is 0 Å². The summed E-state index contributed by atoms with van der Waals surface area (Å²) in [5, 5.41) is 3.55. The molecule has 0 amide bonds. The first kappa shape index (κ1) is 13.4. The van der Waals surface area contributed by atoms with Crippen LogP contribution >= 0.6 is 0 Å². The van der Waals surface area contributed by atoms with E-state index in [1.54, 1.807) is 0 Å². The van der Waals surface area contributed by atoms with Crippen molar-refractivity contribution in [3.8, 4) is 5.75 Å². The van der Waals surface area contributed by atoms with Gasteiger partial charge in [-0.3, -0.25) is 0 Å². The van der Waals surface area contributed by atoms with Crippen LogP contribution in [0.1, 0.15) is 38.2 Å². The first-order chi connectivity index (χ1) is 8.74. The van der Waals surface area contributed by atoms with Gasteiger partial charge in [0, 0.05) is 18.6 Å². The van der Waals surface area contributed by atoms with Crippen LogP contribution in [0.2, 0.25) is 0 Å². The van der Waals surface area contributed by atoms with E-state index in [1.165, 1.54) is 5.56 Å². The number of piperidine rings is 1. The van der Waals surface area contributed by atoms with E-state index >= 15 is 0 Å². The molecule has 3 heteroatoms. The van der Waals surface area contributed by atoms with Gasteiger partial charge in [0.1, 0.15) is 5.75 Å². The number of nitrogens with one attached hydrogen (secondary N) is 1. The average Bonchev–Trinajstić information content (AvgIpc) is 2.40. The minimum Gasteiger partial charge on any atom is -0.494 e. The molecule has 100 valence electrons. The lowest BCUT2D eigenvalue weighted by Crippen LogP contribution is -2.51. The molecule has 0 aromatic heterocycles. The fraction of sp³-hybridized carbons (Fsp3) is 0.600. The predicted molar refractivity (Wildman–Crippen MR) is 75.0 cm³/mol. The summed E-state index contributed by atoms with van der Waals surface area (Å²) < 4.78 is 5.46. The van der Waals surface area contributed by atoms with Crippen LogP contribution in [0, 0.1) is 0 Å². The Bertz CT molecular complexity index is 363. The van der Waals surface area contributed by atoms with E-state index in [4.69, 9.17) is 10.5 Å². The van der Waals surface area contributed by atoms with E-state index in [0.29, 0.717) is 18.6 Å². The minimum absolute atomic E-state index is 0.264. The quantitative estimate of drug-likeness (QED) is 0.859. The Labute approximate surface area is 110 Å². The highest BCUT2D eigenvalue weighted by Gasteiger charge is 2.26. The normalized spacial score (nSPS) is 28.1. The van der Waals surface area contributed by atoms with Crippen molar-refractivity contribution in [2.75, 3.05) is 13.2 Å². The second-order valence-corrected chi connectivity index (χ2v) is 5.02. The lowest BCUT2D eigenvalue weighted by molar-refractivity contribution is 0.314. The number of nitrogens with two attached hydrogens (primary N) is 1. The minimum atomic E-state index is 0.264. The molecule has 1 aliphatic heterocycles. The highest BCUT2D eigenvalue weighted by Crippen LogP contribution is 2.27. The van der Waals surface area contributed by atoms with E-state index in [-0.39, 0.29) is 6.04 Å². The maximum absolute atomic E-state index is 6.21. The summed E-state index contributed by atoms with van der Waals surface area (Å²) in [5.74, 6) is 1.47. The molecule has 0 radical (unpaired) electrons. The third-order valence-corrected chi connectivity index (χ3v) is 3.80. The van der Waals surface area contributed by atoms with Gasteiger partial charge in [0.25, 0.3) is 0 Å². The summed E-state index contributed by atoms with van der Waals surface area (Å²) in [5.41, 5.74) is 7.57. The van der Waals surface area contributed by atoms with Gasteiger partial charge in [0.05, 0.1) is 6.61 Å². The number of hydrogen-bond acceptors (Lipinski definition) is 3.